The van der Waals surface area contributed by atoms with E-state index in [-0.39, 0.29) is 59.5 Å². The molecule has 0 rings (SSSR count). The summed E-state index contributed by atoms with van der Waals surface area (Å²) in [6.45, 7) is 19.6. The van der Waals surface area contributed by atoms with Crippen LogP contribution >= 0.6 is 23.5 Å². The van der Waals surface area contributed by atoms with Crippen LogP contribution in [-0.4, -0.2) is 91.4 Å². The second-order valence-electron chi connectivity index (χ2n) is 10.4. The van der Waals surface area contributed by atoms with Crippen LogP contribution in [0.5, 0.6) is 0 Å². The number of thioether (sulfide) groups is 2. The minimum absolute atomic E-state index is 0.0696. The second kappa shape index (κ2) is 17.7. The van der Waals surface area contributed by atoms with E-state index >= 15 is 0 Å². The summed E-state index contributed by atoms with van der Waals surface area (Å²) >= 11 is 1.88. The van der Waals surface area contributed by atoms with Gasteiger partial charge in [-0.25, -0.2) is 0 Å². The fraction of sp³-hybridized carbons (Fsp3) is 0.786. The van der Waals surface area contributed by atoms with Crippen molar-refractivity contribution in [3.05, 3.63) is 0 Å². The van der Waals surface area contributed by atoms with Gasteiger partial charge in [-0.15, -0.1) is 0 Å². The standard InChI is InChI=1S/C28H50N4O6S2/c1-11-19(33)29-23(25(37)31(13-3)14-4)27(7,8)39-21(35)17-18-22(36)40-28(9,10)24(30-20(34)12-2)26(38)32(15-5)16-6/h23-24H,11-18H2,1-10H3,(H,29,33)(H,30,34)/t23-,24-/m1/s1. The first-order valence-electron chi connectivity index (χ1n) is 14.1. The summed E-state index contributed by atoms with van der Waals surface area (Å²) in [5, 5.41) is 4.98. The number of likely N-dealkylation sites (N-methyl/N-ethyl adjacent to an activating group) is 2. The van der Waals surface area contributed by atoms with E-state index in [4.69, 9.17) is 0 Å². The number of nitrogens with one attached hydrogen (secondary N) is 2. The first-order valence-corrected chi connectivity index (χ1v) is 15.8. The Morgan fingerprint density at radius 1 is 0.575 bits per heavy atom. The zero-order valence-electron chi connectivity index (χ0n) is 26.0. The molecule has 0 spiro atoms. The van der Waals surface area contributed by atoms with Crippen molar-refractivity contribution in [1.82, 2.24) is 20.4 Å². The molecule has 0 aromatic carbocycles. The van der Waals surface area contributed by atoms with Gasteiger partial charge in [0.05, 0.1) is 0 Å². The van der Waals surface area contributed by atoms with Gasteiger partial charge in [-0.1, -0.05) is 37.4 Å². The topological polar surface area (TPSA) is 133 Å². The molecule has 230 valence electrons. The number of carbonyl (C=O) groups excluding carboxylic acids is 6. The summed E-state index contributed by atoms with van der Waals surface area (Å²) in [7, 11) is 0. The molecule has 10 nitrogen and oxygen atoms in total. The molecule has 0 heterocycles. The van der Waals surface area contributed by atoms with Crippen LogP contribution in [0.3, 0.4) is 0 Å². The van der Waals surface area contributed by atoms with Gasteiger partial charge >= 0.3 is 0 Å². The molecule has 0 bridgehead atoms. The van der Waals surface area contributed by atoms with Gasteiger partial charge in [0.2, 0.25) is 23.6 Å². The second-order valence-corrected chi connectivity index (χ2v) is 13.8. The van der Waals surface area contributed by atoms with Crippen molar-refractivity contribution in [3.8, 4) is 0 Å². The molecule has 40 heavy (non-hydrogen) atoms. The number of hydrogen-bond acceptors (Lipinski definition) is 8. The Morgan fingerprint density at radius 3 is 1.07 bits per heavy atom. The third kappa shape index (κ3) is 11.8. The Labute approximate surface area is 248 Å². The monoisotopic (exact) mass is 602 g/mol. The van der Waals surface area contributed by atoms with Crippen molar-refractivity contribution in [3.63, 3.8) is 0 Å². The quantitative estimate of drug-likeness (QED) is 0.259. The lowest BCUT2D eigenvalue weighted by atomic mass is 10.0. The molecule has 0 saturated carbocycles. The SMILES string of the molecule is CCC(=O)N[C@H](C(=O)N(CC)CC)C(C)(C)SC(=O)CCC(=O)SC(C)(C)[C@H](NC(=O)CC)C(=O)N(CC)CC. The summed E-state index contributed by atoms with van der Waals surface area (Å²) < 4.78 is -1.91. The van der Waals surface area contributed by atoms with Crippen LogP contribution in [-0.2, 0) is 28.8 Å². The summed E-state index contributed by atoms with van der Waals surface area (Å²) in [5.41, 5.74) is 0. The Kier molecular flexibility index (Phi) is 16.8. The van der Waals surface area contributed by atoms with Crippen LogP contribution < -0.4 is 10.6 Å². The molecule has 0 radical (unpaired) electrons. The van der Waals surface area contributed by atoms with E-state index in [9.17, 15) is 28.8 Å². The third-order valence-corrected chi connectivity index (χ3v) is 8.96. The minimum Gasteiger partial charge on any atom is -0.343 e. The highest BCUT2D eigenvalue weighted by atomic mass is 32.2. The fourth-order valence-electron chi connectivity index (χ4n) is 4.04. The molecule has 4 amide bonds. The summed E-state index contributed by atoms with van der Waals surface area (Å²) in [5.74, 6) is -1.10. The number of hydrogen-bond donors (Lipinski definition) is 2. The van der Waals surface area contributed by atoms with E-state index in [0.29, 0.717) is 26.2 Å². The molecule has 0 fully saturated rings. The molecule has 0 aliphatic heterocycles. The van der Waals surface area contributed by atoms with Gasteiger partial charge in [-0.2, -0.15) is 0 Å². The lowest BCUT2D eigenvalue weighted by molar-refractivity contribution is -0.137. The molecule has 0 aliphatic rings. The molecule has 2 atom stereocenters. The van der Waals surface area contributed by atoms with Crippen molar-refractivity contribution >= 4 is 57.4 Å². The number of nitrogens with zero attached hydrogens (tertiary/aromatic N) is 2. The minimum atomic E-state index is -0.956. The van der Waals surface area contributed by atoms with Crippen LogP contribution in [0.25, 0.3) is 0 Å². The van der Waals surface area contributed by atoms with Crippen molar-refractivity contribution in [1.29, 1.82) is 0 Å². The van der Waals surface area contributed by atoms with Gasteiger partial charge in [0.25, 0.3) is 0 Å². The Balaban J connectivity index is 5.55. The van der Waals surface area contributed by atoms with Crippen molar-refractivity contribution < 1.29 is 28.8 Å². The van der Waals surface area contributed by atoms with Crippen LogP contribution in [0.4, 0.5) is 0 Å². The first kappa shape index (κ1) is 37.9. The molecule has 0 unspecified atom stereocenters. The molecule has 0 aromatic rings. The van der Waals surface area contributed by atoms with Crippen LogP contribution in [0.1, 0.15) is 94.9 Å². The summed E-state index contributed by atoms with van der Waals surface area (Å²) in [6.07, 6.45) is 0.267. The van der Waals surface area contributed by atoms with Crippen molar-refractivity contribution in [2.24, 2.45) is 0 Å². The third-order valence-electron chi connectivity index (χ3n) is 6.57. The van der Waals surface area contributed by atoms with Crippen molar-refractivity contribution in [2.45, 2.75) is 116 Å². The van der Waals surface area contributed by atoms with Crippen LogP contribution in [0, 0.1) is 0 Å². The number of amides is 4. The van der Waals surface area contributed by atoms with E-state index in [0.717, 1.165) is 23.5 Å². The normalized spacial score (nSPS) is 13.2. The maximum absolute atomic E-state index is 13.2. The summed E-state index contributed by atoms with van der Waals surface area (Å²) in [4.78, 5) is 79.9. The van der Waals surface area contributed by atoms with E-state index in [1.807, 2.05) is 27.7 Å². The lowest BCUT2D eigenvalue weighted by Crippen LogP contribution is -2.57. The Bertz CT molecular complexity index is 829. The molecular formula is C28H50N4O6S2. The molecule has 2 N–H and O–H groups in total. The zero-order valence-corrected chi connectivity index (χ0v) is 27.6. The van der Waals surface area contributed by atoms with E-state index in [1.54, 1.807) is 51.3 Å². The molecule has 12 heteroatoms. The highest BCUT2D eigenvalue weighted by Crippen LogP contribution is 2.34. The maximum Gasteiger partial charge on any atom is 0.246 e. The molecule has 0 aliphatic carbocycles. The van der Waals surface area contributed by atoms with Crippen LogP contribution in [0.15, 0.2) is 0 Å². The van der Waals surface area contributed by atoms with E-state index in [2.05, 4.69) is 10.6 Å². The predicted molar refractivity (Wildman–Crippen MR) is 163 cm³/mol. The molecule has 0 saturated heterocycles. The lowest BCUT2D eigenvalue weighted by Gasteiger charge is -2.36. The van der Waals surface area contributed by atoms with E-state index in [1.165, 1.54) is 0 Å². The van der Waals surface area contributed by atoms with Gasteiger partial charge in [-0.3, -0.25) is 28.8 Å². The highest BCUT2D eigenvalue weighted by molar-refractivity contribution is 8.15. The molecular weight excluding hydrogens is 552 g/mol. The molecule has 0 aromatic heterocycles. The van der Waals surface area contributed by atoms with Gasteiger partial charge in [0.1, 0.15) is 12.1 Å². The van der Waals surface area contributed by atoms with Crippen LogP contribution in [0.2, 0.25) is 0 Å². The largest absolute Gasteiger partial charge is 0.343 e. The Hall–Kier alpha value is -2.08. The Morgan fingerprint density at radius 2 is 0.850 bits per heavy atom. The zero-order chi connectivity index (χ0) is 31.3. The highest BCUT2D eigenvalue weighted by Gasteiger charge is 2.42. The van der Waals surface area contributed by atoms with Gasteiger partial charge in [-0.05, 0) is 55.4 Å². The average Bonchev–Trinajstić information content (AvgIpc) is 2.89. The number of rotatable bonds is 17. The predicted octanol–water partition coefficient (Wildman–Crippen LogP) is 3.37. The maximum atomic E-state index is 13.2. The van der Waals surface area contributed by atoms with Gasteiger partial charge < -0.3 is 20.4 Å². The first-order chi connectivity index (χ1) is 18.5. The smallest absolute Gasteiger partial charge is 0.246 e. The van der Waals surface area contributed by atoms with Gasteiger partial charge in [0.15, 0.2) is 10.2 Å². The van der Waals surface area contributed by atoms with E-state index < -0.39 is 21.6 Å². The fourth-order valence-corrected chi connectivity index (χ4v) is 6.18. The summed E-state index contributed by atoms with van der Waals surface area (Å²) in [6, 6.07) is -1.82. The van der Waals surface area contributed by atoms with Gasteiger partial charge in [0, 0.05) is 61.4 Å². The number of carbonyl (C=O) groups is 6. The van der Waals surface area contributed by atoms with Crippen molar-refractivity contribution in [2.75, 3.05) is 26.2 Å². The average molecular weight is 603 g/mol.